The molecule has 0 amide bonds. The van der Waals surface area contributed by atoms with Gasteiger partial charge in [-0.05, 0) is 251 Å². The second-order valence-electron chi connectivity index (χ2n) is 29.0. The van der Waals surface area contributed by atoms with Crippen molar-refractivity contribution < 1.29 is 26.5 Å². The molecule has 105 heavy (non-hydrogen) atoms. The Kier molecular flexibility index (Phi) is 11.0. The Morgan fingerprint density at radius 3 is 1.17 bits per heavy atom. The average Bonchev–Trinajstić information content (AvgIpc) is 1.58. The van der Waals surface area contributed by atoms with Crippen molar-refractivity contribution >= 4 is 176 Å². The average molecular weight is 1350 g/mol. The first kappa shape index (κ1) is 56.1. The van der Waals surface area contributed by atoms with Crippen LogP contribution in [0.3, 0.4) is 0 Å². The van der Waals surface area contributed by atoms with Gasteiger partial charge < -0.3 is 35.6 Å². The molecular formula is C97H56N2O6. The van der Waals surface area contributed by atoms with Gasteiger partial charge in [-0.25, -0.2) is 0 Å². The number of allylic oxidation sites excluding steroid dienone is 5. The predicted molar refractivity (Wildman–Crippen MR) is 429 cm³/mol. The largest absolute Gasteiger partial charge is 0.452 e. The van der Waals surface area contributed by atoms with Gasteiger partial charge in [-0.15, -0.1) is 0 Å². The second-order valence-corrected chi connectivity index (χ2v) is 29.0. The number of benzene rings is 14. The number of para-hydroxylation sites is 3. The Labute approximate surface area is 597 Å². The van der Waals surface area contributed by atoms with Crippen molar-refractivity contribution in [1.82, 2.24) is 9.13 Å². The van der Waals surface area contributed by atoms with Gasteiger partial charge in [-0.1, -0.05) is 127 Å². The summed E-state index contributed by atoms with van der Waals surface area (Å²) in [5.74, 6) is 0.209. The molecule has 0 radical (unpaired) electrons. The van der Waals surface area contributed by atoms with Crippen molar-refractivity contribution in [2.24, 2.45) is 0 Å². The fraction of sp³-hybridized carbons (Fsp3) is 0.0515. The lowest BCUT2D eigenvalue weighted by Crippen LogP contribution is -2.02. The number of furan rings is 6. The molecule has 3 aliphatic carbocycles. The van der Waals surface area contributed by atoms with E-state index in [2.05, 4.69) is 294 Å². The smallest absolute Gasteiger partial charge is 0.178 e. The molecule has 1 unspecified atom stereocenters. The summed E-state index contributed by atoms with van der Waals surface area (Å²) in [6, 6.07) is 94.8. The second kappa shape index (κ2) is 20.6. The molecule has 8 aromatic heterocycles. The SMILES string of the molecule is C1=CC2=C(CC1)C(c1ccc3oc4c(ccc5c6cc(-c7cc(-c8ccc9oc%10c(ccc%11c%12cc(-n%13c%14c(c%15ccccc%15%13)CCC=C%14)ccc%12oc%11%10)c9c8)cc(-c8ccc9oc%10c(ccc%11c%12cc(-n%13c%14ccccc%14c%14ccccc%14%13)ccc%12oc%11%10)c9c8)c7)ccc6oc54)c3c1)c1ccccc12. The molecule has 8 heterocycles. The van der Waals surface area contributed by atoms with Crippen LogP contribution in [0.5, 0.6) is 0 Å². The minimum atomic E-state index is 0.209. The summed E-state index contributed by atoms with van der Waals surface area (Å²) >= 11 is 0. The molecule has 0 aliphatic heterocycles. The van der Waals surface area contributed by atoms with Gasteiger partial charge in [-0.3, -0.25) is 0 Å². The van der Waals surface area contributed by atoms with Crippen LogP contribution in [-0.2, 0) is 6.42 Å². The van der Waals surface area contributed by atoms with Crippen LogP contribution in [-0.4, -0.2) is 9.13 Å². The van der Waals surface area contributed by atoms with Gasteiger partial charge in [0.2, 0.25) is 0 Å². The van der Waals surface area contributed by atoms with E-state index < -0.39 is 0 Å². The quantitative estimate of drug-likeness (QED) is 0.165. The van der Waals surface area contributed by atoms with E-state index in [-0.39, 0.29) is 5.92 Å². The lowest BCUT2D eigenvalue weighted by molar-refractivity contribution is 0.633. The number of hydrogen-bond acceptors (Lipinski definition) is 6. The first-order valence-corrected chi connectivity index (χ1v) is 36.4. The predicted octanol–water partition coefficient (Wildman–Crippen LogP) is 27.3. The van der Waals surface area contributed by atoms with E-state index in [9.17, 15) is 0 Å². The molecule has 3 aliphatic rings. The van der Waals surface area contributed by atoms with Crippen molar-refractivity contribution in [1.29, 1.82) is 0 Å². The molecule has 490 valence electrons. The summed E-state index contributed by atoms with van der Waals surface area (Å²) in [5.41, 5.74) is 30.9. The molecule has 0 fully saturated rings. The highest BCUT2D eigenvalue weighted by Gasteiger charge is 2.33. The van der Waals surface area contributed by atoms with Gasteiger partial charge in [-0.2, -0.15) is 0 Å². The highest BCUT2D eigenvalue weighted by molar-refractivity contribution is 6.23. The van der Waals surface area contributed by atoms with Crippen LogP contribution >= 0.6 is 0 Å². The maximum Gasteiger partial charge on any atom is 0.178 e. The Bertz CT molecular complexity index is 7750. The zero-order valence-corrected chi connectivity index (χ0v) is 56.4. The van der Waals surface area contributed by atoms with E-state index in [4.69, 9.17) is 26.5 Å². The van der Waals surface area contributed by atoms with Crippen molar-refractivity contribution in [3.8, 4) is 44.8 Å². The summed E-state index contributed by atoms with van der Waals surface area (Å²) in [7, 11) is 0. The fourth-order valence-electron chi connectivity index (χ4n) is 18.8. The normalized spacial score (nSPS) is 14.7. The van der Waals surface area contributed by atoms with Crippen LogP contribution in [0.15, 0.2) is 311 Å². The third kappa shape index (κ3) is 7.78. The lowest BCUT2D eigenvalue weighted by atomic mass is 9.85. The summed E-state index contributed by atoms with van der Waals surface area (Å²) in [6.45, 7) is 0. The van der Waals surface area contributed by atoms with Gasteiger partial charge in [0, 0.05) is 104 Å². The van der Waals surface area contributed by atoms with Crippen molar-refractivity contribution in [3.05, 3.63) is 313 Å². The Morgan fingerprint density at radius 2 is 0.667 bits per heavy atom. The number of aryl methyl sites for hydroxylation is 1. The van der Waals surface area contributed by atoms with Gasteiger partial charge in [0.15, 0.2) is 33.5 Å². The van der Waals surface area contributed by atoms with E-state index in [1.165, 1.54) is 60.8 Å². The third-order valence-electron chi connectivity index (χ3n) is 23.6. The Morgan fingerprint density at radius 1 is 0.276 bits per heavy atom. The van der Waals surface area contributed by atoms with Gasteiger partial charge >= 0.3 is 0 Å². The zero-order chi connectivity index (χ0) is 68.0. The number of nitrogens with zero attached hydrogens (tertiary/aromatic N) is 2. The molecule has 0 N–H and O–H groups in total. The molecule has 8 heteroatoms. The van der Waals surface area contributed by atoms with E-state index in [0.717, 1.165) is 213 Å². The van der Waals surface area contributed by atoms with E-state index in [1.54, 1.807) is 0 Å². The van der Waals surface area contributed by atoms with Crippen LogP contribution in [0.4, 0.5) is 0 Å². The molecule has 22 aromatic rings. The highest BCUT2D eigenvalue weighted by Crippen LogP contribution is 2.52. The van der Waals surface area contributed by atoms with Gasteiger partial charge in [0.1, 0.15) is 33.5 Å². The van der Waals surface area contributed by atoms with Gasteiger partial charge in [0.05, 0.1) is 16.6 Å². The van der Waals surface area contributed by atoms with Gasteiger partial charge in [0.25, 0.3) is 0 Å². The molecule has 8 nitrogen and oxygen atoms in total. The molecule has 14 aromatic carbocycles. The number of rotatable bonds is 6. The van der Waals surface area contributed by atoms with Crippen LogP contribution < -0.4 is 0 Å². The summed E-state index contributed by atoms with van der Waals surface area (Å²) in [4.78, 5) is 0. The summed E-state index contributed by atoms with van der Waals surface area (Å²) in [5, 5.41) is 16.0. The minimum Gasteiger partial charge on any atom is -0.452 e. The Balaban J connectivity index is 0.628. The minimum absolute atomic E-state index is 0.209. The maximum atomic E-state index is 6.90. The van der Waals surface area contributed by atoms with Crippen LogP contribution in [0, 0.1) is 0 Å². The lowest BCUT2D eigenvalue weighted by Gasteiger charge is -2.18. The van der Waals surface area contributed by atoms with E-state index >= 15 is 0 Å². The maximum absolute atomic E-state index is 6.90. The molecule has 1 atom stereocenters. The first-order chi connectivity index (χ1) is 52.0. The molecule has 0 bridgehead atoms. The molecule has 0 spiro atoms. The molecule has 25 rings (SSSR count). The molecule has 0 saturated carbocycles. The highest BCUT2D eigenvalue weighted by atomic mass is 16.4. The van der Waals surface area contributed by atoms with Crippen molar-refractivity contribution in [2.45, 2.75) is 31.6 Å². The van der Waals surface area contributed by atoms with Crippen LogP contribution in [0.2, 0.25) is 0 Å². The number of hydrogen-bond donors (Lipinski definition) is 0. The fourth-order valence-corrected chi connectivity index (χ4v) is 18.8. The van der Waals surface area contributed by atoms with Crippen LogP contribution in [0.1, 0.15) is 53.1 Å². The standard InChI is InChI=1S/C97H56N2O6/c1-3-19-67-61(13-1)62-14-2-4-20-68(62)91(67)55-28-40-88-78(49-55)72-32-31-69-75-46-52(25-37-85(75)100-92(69)95(72)103-88)56-43-57(53-26-38-86-76(47-53)70-33-35-73-79-50-59(29-41-89(79)104-96(73)93(70)101-86)98-81-21-9-5-15-63(81)64-16-6-10-22-82(64)98)45-58(44-56)54-27-39-87-77(48-54)71-34-36-74-80-51-60(30-42-90(80)105-97(74)94(71)102-87)99-83-23-11-7-17-65(83)66-18-8-12-24-84(66)99/h1-3,5-7,9-17,19,21-51,91H,4,8,18,20H2. The molecule has 0 saturated heterocycles. The van der Waals surface area contributed by atoms with E-state index in [0.29, 0.717) is 0 Å². The third-order valence-corrected chi connectivity index (χ3v) is 23.6. The number of fused-ring (bicyclic) bond motifs is 29. The molecular weight excluding hydrogens is 1290 g/mol. The van der Waals surface area contributed by atoms with Crippen molar-refractivity contribution in [2.75, 3.05) is 0 Å². The zero-order valence-electron chi connectivity index (χ0n) is 56.4. The monoisotopic (exact) mass is 1340 g/mol. The topological polar surface area (TPSA) is 88.7 Å². The summed E-state index contributed by atoms with van der Waals surface area (Å²) in [6.07, 6.45) is 13.4. The van der Waals surface area contributed by atoms with Crippen molar-refractivity contribution in [3.63, 3.8) is 0 Å². The Hall–Kier alpha value is -13.6. The van der Waals surface area contributed by atoms with Crippen LogP contribution in [0.25, 0.3) is 221 Å². The first-order valence-electron chi connectivity index (χ1n) is 36.4. The number of aromatic nitrogens is 2. The summed E-state index contributed by atoms with van der Waals surface area (Å²) < 4.78 is 45.9. The van der Waals surface area contributed by atoms with E-state index in [1.807, 2.05) is 0 Å².